The van der Waals surface area contributed by atoms with Crippen molar-refractivity contribution in [2.45, 2.75) is 31.5 Å². The van der Waals surface area contributed by atoms with E-state index in [1.165, 1.54) is 0 Å². The Hall–Kier alpha value is -1.12. The van der Waals surface area contributed by atoms with Crippen LogP contribution in [-0.2, 0) is 0 Å². The average Bonchev–Trinajstić information content (AvgIpc) is 2.56. The lowest BCUT2D eigenvalue weighted by atomic mass is 9.88. The van der Waals surface area contributed by atoms with Crippen LogP contribution >= 0.6 is 0 Å². The SMILES string of the molecule is CC[C@]1(O)C[C@@H](O)C=C1c1ccccc1. The van der Waals surface area contributed by atoms with E-state index < -0.39 is 11.7 Å². The van der Waals surface area contributed by atoms with E-state index >= 15 is 0 Å². The minimum atomic E-state index is -0.860. The molecule has 2 rings (SSSR count). The van der Waals surface area contributed by atoms with Gasteiger partial charge in [-0.2, -0.15) is 0 Å². The van der Waals surface area contributed by atoms with Gasteiger partial charge in [-0.05, 0) is 23.6 Å². The van der Waals surface area contributed by atoms with Crippen molar-refractivity contribution in [3.05, 3.63) is 42.0 Å². The first-order chi connectivity index (χ1) is 7.15. The summed E-state index contributed by atoms with van der Waals surface area (Å²) in [7, 11) is 0. The Morgan fingerprint density at radius 1 is 1.33 bits per heavy atom. The van der Waals surface area contributed by atoms with Crippen molar-refractivity contribution in [2.24, 2.45) is 0 Å². The summed E-state index contributed by atoms with van der Waals surface area (Å²) in [6.07, 6.45) is 2.28. The lowest BCUT2D eigenvalue weighted by molar-refractivity contribution is 0.0618. The first-order valence-corrected chi connectivity index (χ1v) is 5.34. The maximum atomic E-state index is 10.4. The van der Waals surface area contributed by atoms with Crippen LogP contribution in [0.4, 0.5) is 0 Å². The van der Waals surface area contributed by atoms with Crippen LogP contribution in [0.2, 0.25) is 0 Å². The van der Waals surface area contributed by atoms with Gasteiger partial charge in [-0.1, -0.05) is 37.3 Å². The van der Waals surface area contributed by atoms with E-state index in [0.29, 0.717) is 12.8 Å². The highest BCUT2D eigenvalue weighted by Crippen LogP contribution is 2.39. The normalized spacial score (nSPS) is 30.3. The van der Waals surface area contributed by atoms with E-state index in [0.717, 1.165) is 11.1 Å². The minimum absolute atomic E-state index is 0.410. The number of aliphatic hydroxyl groups is 2. The fraction of sp³-hybridized carbons (Fsp3) is 0.385. The number of rotatable bonds is 2. The highest BCUT2D eigenvalue weighted by atomic mass is 16.3. The molecule has 0 unspecified atom stereocenters. The summed E-state index contributed by atoms with van der Waals surface area (Å²) < 4.78 is 0. The van der Waals surface area contributed by atoms with Crippen molar-refractivity contribution < 1.29 is 10.2 Å². The average molecular weight is 204 g/mol. The smallest absolute Gasteiger partial charge is 0.0925 e. The van der Waals surface area contributed by atoms with Crippen LogP contribution in [0.25, 0.3) is 5.57 Å². The quantitative estimate of drug-likeness (QED) is 0.773. The molecule has 0 heterocycles. The van der Waals surface area contributed by atoms with E-state index in [-0.39, 0.29) is 0 Å². The Labute approximate surface area is 89.9 Å². The van der Waals surface area contributed by atoms with Crippen LogP contribution in [-0.4, -0.2) is 21.9 Å². The van der Waals surface area contributed by atoms with Gasteiger partial charge < -0.3 is 10.2 Å². The van der Waals surface area contributed by atoms with Gasteiger partial charge in [0.05, 0.1) is 11.7 Å². The molecule has 1 aromatic carbocycles. The van der Waals surface area contributed by atoms with Crippen LogP contribution < -0.4 is 0 Å². The second kappa shape index (κ2) is 3.80. The Bertz CT molecular complexity index is 369. The van der Waals surface area contributed by atoms with E-state index in [1.54, 1.807) is 6.08 Å². The first kappa shape index (κ1) is 10.4. The molecule has 0 fully saturated rings. The van der Waals surface area contributed by atoms with Crippen molar-refractivity contribution in [1.29, 1.82) is 0 Å². The van der Waals surface area contributed by atoms with Gasteiger partial charge in [0.25, 0.3) is 0 Å². The molecule has 2 N–H and O–H groups in total. The summed E-state index contributed by atoms with van der Waals surface area (Å²) in [6.45, 7) is 1.94. The molecule has 1 aromatic rings. The summed E-state index contributed by atoms with van der Waals surface area (Å²) in [5.41, 5.74) is 0.998. The fourth-order valence-electron chi connectivity index (χ4n) is 2.18. The Morgan fingerprint density at radius 3 is 2.60 bits per heavy atom. The van der Waals surface area contributed by atoms with E-state index in [1.807, 2.05) is 37.3 Å². The zero-order chi connectivity index (χ0) is 10.9. The monoisotopic (exact) mass is 204 g/mol. The fourth-order valence-corrected chi connectivity index (χ4v) is 2.18. The molecule has 2 atom stereocenters. The molecule has 0 aliphatic heterocycles. The number of hydrogen-bond donors (Lipinski definition) is 2. The van der Waals surface area contributed by atoms with Gasteiger partial charge in [-0.3, -0.25) is 0 Å². The number of hydrogen-bond acceptors (Lipinski definition) is 2. The number of benzene rings is 1. The van der Waals surface area contributed by atoms with Crippen molar-refractivity contribution >= 4 is 5.57 Å². The summed E-state index contributed by atoms with van der Waals surface area (Å²) in [5.74, 6) is 0. The maximum absolute atomic E-state index is 10.4. The molecule has 2 heteroatoms. The Morgan fingerprint density at radius 2 is 2.00 bits per heavy atom. The summed E-state index contributed by atoms with van der Waals surface area (Å²) in [6, 6.07) is 9.75. The molecule has 0 radical (unpaired) electrons. The van der Waals surface area contributed by atoms with E-state index in [4.69, 9.17) is 0 Å². The summed E-state index contributed by atoms with van der Waals surface area (Å²) in [5, 5.41) is 19.9. The third-order valence-corrected chi connectivity index (χ3v) is 3.08. The van der Waals surface area contributed by atoms with Gasteiger partial charge in [-0.15, -0.1) is 0 Å². The largest absolute Gasteiger partial charge is 0.389 e. The van der Waals surface area contributed by atoms with Crippen molar-refractivity contribution in [2.75, 3.05) is 0 Å². The molecule has 1 aliphatic rings. The van der Waals surface area contributed by atoms with Crippen molar-refractivity contribution in [3.8, 4) is 0 Å². The molecule has 0 spiro atoms. The van der Waals surface area contributed by atoms with Crippen LogP contribution in [0.15, 0.2) is 36.4 Å². The van der Waals surface area contributed by atoms with Gasteiger partial charge in [0.2, 0.25) is 0 Å². The molecule has 0 aromatic heterocycles. The second-order valence-electron chi connectivity index (χ2n) is 4.10. The highest BCUT2D eigenvalue weighted by molar-refractivity contribution is 5.74. The zero-order valence-electron chi connectivity index (χ0n) is 8.85. The van der Waals surface area contributed by atoms with E-state index in [2.05, 4.69) is 0 Å². The van der Waals surface area contributed by atoms with Crippen LogP contribution in [0.1, 0.15) is 25.3 Å². The lowest BCUT2D eigenvalue weighted by Gasteiger charge is -2.25. The molecule has 0 bridgehead atoms. The Balaban J connectivity index is 2.40. The molecule has 15 heavy (non-hydrogen) atoms. The minimum Gasteiger partial charge on any atom is -0.389 e. The Kier molecular flexibility index (Phi) is 2.63. The van der Waals surface area contributed by atoms with E-state index in [9.17, 15) is 10.2 Å². The predicted octanol–water partition coefficient (Wildman–Crippen LogP) is 1.98. The van der Waals surface area contributed by atoms with Gasteiger partial charge in [0.15, 0.2) is 0 Å². The third kappa shape index (κ3) is 1.83. The van der Waals surface area contributed by atoms with Gasteiger partial charge >= 0.3 is 0 Å². The third-order valence-electron chi connectivity index (χ3n) is 3.08. The predicted molar refractivity (Wildman–Crippen MR) is 60.3 cm³/mol. The van der Waals surface area contributed by atoms with Crippen LogP contribution in [0, 0.1) is 0 Å². The molecular weight excluding hydrogens is 188 g/mol. The second-order valence-corrected chi connectivity index (χ2v) is 4.10. The summed E-state index contributed by atoms with van der Waals surface area (Å²) in [4.78, 5) is 0. The van der Waals surface area contributed by atoms with Gasteiger partial charge in [-0.25, -0.2) is 0 Å². The molecule has 1 aliphatic carbocycles. The van der Waals surface area contributed by atoms with Crippen molar-refractivity contribution in [1.82, 2.24) is 0 Å². The van der Waals surface area contributed by atoms with Crippen LogP contribution in [0.5, 0.6) is 0 Å². The standard InChI is InChI=1S/C13H16O2/c1-2-13(15)9-11(14)8-12(13)10-6-4-3-5-7-10/h3-8,11,14-15H,2,9H2,1H3/t11-,13-/m0/s1. The van der Waals surface area contributed by atoms with Crippen LogP contribution in [0.3, 0.4) is 0 Å². The topological polar surface area (TPSA) is 40.5 Å². The molecule has 0 amide bonds. The van der Waals surface area contributed by atoms with Gasteiger partial charge in [0, 0.05) is 6.42 Å². The molecular formula is C13H16O2. The molecule has 80 valence electrons. The highest BCUT2D eigenvalue weighted by Gasteiger charge is 2.37. The maximum Gasteiger partial charge on any atom is 0.0925 e. The first-order valence-electron chi connectivity index (χ1n) is 5.34. The molecule has 0 saturated heterocycles. The summed E-state index contributed by atoms with van der Waals surface area (Å²) >= 11 is 0. The zero-order valence-corrected chi connectivity index (χ0v) is 8.85. The van der Waals surface area contributed by atoms with Crippen molar-refractivity contribution in [3.63, 3.8) is 0 Å². The number of aliphatic hydroxyl groups excluding tert-OH is 1. The molecule has 0 saturated carbocycles. The molecule has 2 nitrogen and oxygen atoms in total. The van der Waals surface area contributed by atoms with Gasteiger partial charge in [0.1, 0.15) is 0 Å². The lowest BCUT2D eigenvalue weighted by Crippen LogP contribution is -2.27.